The monoisotopic (exact) mass is 494 g/mol. The molecule has 2 rings (SSSR count). The average Bonchev–Trinajstić information content (AvgIpc) is 2.90. The predicted octanol–water partition coefficient (Wildman–Crippen LogP) is 2.18. The van der Waals surface area contributed by atoms with Crippen LogP contribution in [-0.4, -0.2) is 58.1 Å². The number of nitrogens with one attached hydrogen (secondary N) is 2. The molecule has 2 N–H and O–H groups in total. The maximum absolute atomic E-state index is 11.6. The van der Waals surface area contributed by atoms with E-state index in [0.717, 1.165) is 19.6 Å². The van der Waals surface area contributed by atoms with E-state index in [-0.39, 0.29) is 41.5 Å². The first-order valence-corrected chi connectivity index (χ1v) is 10.8. The van der Waals surface area contributed by atoms with Crippen molar-refractivity contribution in [1.29, 1.82) is 0 Å². The Hall–Kier alpha value is -1.03. The van der Waals surface area contributed by atoms with Gasteiger partial charge in [-0.15, -0.1) is 24.0 Å². The lowest BCUT2D eigenvalue weighted by Crippen LogP contribution is -2.44. The molecule has 6 nitrogen and oxygen atoms in total. The molecular weight excluding hydrogens is 463 g/mol. The van der Waals surface area contributed by atoms with E-state index in [1.54, 1.807) is 0 Å². The molecule has 1 unspecified atom stereocenters. The fourth-order valence-electron chi connectivity index (χ4n) is 3.00. The number of rotatable bonds is 7. The second kappa shape index (κ2) is 11.0. The summed E-state index contributed by atoms with van der Waals surface area (Å²) in [6.07, 6.45) is 0.650. The third-order valence-corrected chi connectivity index (χ3v) is 6.07. The minimum absolute atomic E-state index is 0. The van der Waals surface area contributed by atoms with E-state index in [9.17, 15) is 8.42 Å². The number of sulfone groups is 1. The molecule has 148 valence electrons. The van der Waals surface area contributed by atoms with Gasteiger partial charge in [-0.25, -0.2) is 8.42 Å². The summed E-state index contributed by atoms with van der Waals surface area (Å²) < 4.78 is 23.2. The molecule has 0 amide bonds. The van der Waals surface area contributed by atoms with Crippen molar-refractivity contribution in [2.24, 2.45) is 4.99 Å². The van der Waals surface area contributed by atoms with Crippen molar-refractivity contribution in [3.8, 4) is 0 Å². The van der Waals surface area contributed by atoms with Gasteiger partial charge in [0.2, 0.25) is 0 Å². The van der Waals surface area contributed by atoms with Crippen LogP contribution >= 0.6 is 24.0 Å². The molecule has 1 fully saturated rings. The maximum Gasteiger partial charge on any atom is 0.191 e. The Balaban J connectivity index is 0.00000338. The number of aliphatic imine (C=N–C) groups is 1. The number of aryl methyl sites for hydroxylation is 1. The lowest BCUT2D eigenvalue weighted by atomic mass is 10.2. The highest BCUT2D eigenvalue weighted by Gasteiger charge is 2.28. The molecule has 0 radical (unpaired) electrons. The number of nitrogens with zero attached hydrogens (tertiary/aromatic N) is 2. The predicted molar refractivity (Wildman–Crippen MR) is 121 cm³/mol. The molecule has 1 aromatic carbocycles. The Kier molecular flexibility index (Phi) is 9.70. The Labute approximate surface area is 174 Å². The summed E-state index contributed by atoms with van der Waals surface area (Å²) in [5, 5.41) is 6.46. The van der Waals surface area contributed by atoms with Crippen molar-refractivity contribution in [2.45, 2.75) is 33.2 Å². The van der Waals surface area contributed by atoms with Crippen molar-refractivity contribution in [1.82, 2.24) is 10.6 Å². The molecular formula is C18H31IN4O2S. The minimum Gasteiger partial charge on any atom is -0.370 e. The van der Waals surface area contributed by atoms with E-state index in [1.807, 2.05) is 6.92 Å². The average molecular weight is 494 g/mol. The van der Waals surface area contributed by atoms with E-state index >= 15 is 0 Å². The normalized spacial score (nSPS) is 18.9. The summed E-state index contributed by atoms with van der Waals surface area (Å²) in [6.45, 7) is 9.38. The van der Waals surface area contributed by atoms with Crippen molar-refractivity contribution < 1.29 is 8.42 Å². The van der Waals surface area contributed by atoms with Gasteiger partial charge >= 0.3 is 0 Å². The summed E-state index contributed by atoms with van der Waals surface area (Å²) in [4.78, 5) is 6.91. The van der Waals surface area contributed by atoms with E-state index in [2.05, 4.69) is 58.6 Å². The lowest BCUT2D eigenvalue weighted by Gasteiger charge is -2.23. The second-order valence-corrected chi connectivity index (χ2v) is 8.65. The number of hydrogen-bond donors (Lipinski definition) is 2. The summed E-state index contributed by atoms with van der Waals surface area (Å²) in [6, 6.07) is 8.43. The standard InChI is InChI=1S/C18H30N4O2S.HI/c1-4-19-18(21-16-9-12-25(23,24)14-16)20-10-11-22(5-2)17-8-6-7-15(3)13-17;/h6-8,13,16H,4-5,9-12,14H2,1-3H3,(H2,19,20,21);1H. The Morgan fingerprint density at radius 2 is 2.12 bits per heavy atom. The quantitative estimate of drug-likeness (QED) is 0.346. The van der Waals surface area contributed by atoms with Crippen LogP contribution in [0.25, 0.3) is 0 Å². The van der Waals surface area contributed by atoms with Crippen LogP contribution in [0.5, 0.6) is 0 Å². The maximum atomic E-state index is 11.6. The molecule has 0 saturated carbocycles. The second-order valence-electron chi connectivity index (χ2n) is 6.42. The number of anilines is 1. The van der Waals surface area contributed by atoms with Crippen molar-refractivity contribution in [3.05, 3.63) is 29.8 Å². The Bertz CT molecular complexity index is 694. The van der Waals surface area contributed by atoms with E-state index in [1.165, 1.54) is 11.3 Å². The summed E-state index contributed by atoms with van der Waals surface area (Å²) in [5.74, 6) is 1.16. The number of benzene rings is 1. The zero-order valence-corrected chi connectivity index (χ0v) is 19.0. The third kappa shape index (κ3) is 7.30. The van der Waals surface area contributed by atoms with Crippen molar-refractivity contribution in [2.75, 3.05) is 42.6 Å². The smallest absolute Gasteiger partial charge is 0.191 e. The van der Waals surface area contributed by atoms with Crippen LogP contribution in [0.3, 0.4) is 0 Å². The molecule has 1 heterocycles. The van der Waals surface area contributed by atoms with Gasteiger partial charge in [0.1, 0.15) is 0 Å². The summed E-state index contributed by atoms with van der Waals surface area (Å²) in [5.41, 5.74) is 2.45. The van der Waals surface area contributed by atoms with Crippen molar-refractivity contribution in [3.63, 3.8) is 0 Å². The number of hydrogen-bond acceptors (Lipinski definition) is 4. The van der Waals surface area contributed by atoms with Crippen LogP contribution in [0, 0.1) is 6.92 Å². The molecule has 26 heavy (non-hydrogen) atoms. The van der Waals surface area contributed by atoms with Crippen LogP contribution in [0.2, 0.25) is 0 Å². The highest BCUT2D eigenvalue weighted by atomic mass is 127. The van der Waals surface area contributed by atoms with Gasteiger partial charge in [0.25, 0.3) is 0 Å². The molecule has 1 atom stereocenters. The van der Waals surface area contributed by atoms with E-state index in [4.69, 9.17) is 0 Å². The molecule has 1 saturated heterocycles. The van der Waals surface area contributed by atoms with Gasteiger partial charge in [-0.3, -0.25) is 4.99 Å². The van der Waals surface area contributed by atoms with Gasteiger partial charge in [0, 0.05) is 31.4 Å². The van der Waals surface area contributed by atoms with Gasteiger partial charge in [0.05, 0.1) is 18.1 Å². The van der Waals surface area contributed by atoms with Gasteiger partial charge in [-0.2, -0.15) is 0 Å². The zero-order valence-electron chi connectivity index (χ0n) is 15.9. The summed E-state index contributed by atoms with van der Waals surface area (Å²) >= 11 is 0. The SMILES string of the molecule is CCNC(=NCCN(CC)c1cccc(C)c1)NC1CCS(=O)(=O)C1.I. The molecule has 0 spiro atoms. The first-order chi connectivity index (χ1) is 11.9. The molecule has 0 bridgehead atoms. The third-order valence-electron chi connectivity index (χ3n) is 4.31. The lowest BCUT2D eigenvalue weighted by molar-refractivity contribution is 0.599. The van der Waals surface area contributed by atoms with E-state index in [0.29, 0.717) is 18.9 Å². The number of likely N-dealkylation sites (N-methyl/N-ethyl adjacent to an activating group) is 1. The van der Waals surface area contributed by atoms with Crippen LogP contribution in [0.1, 0.15) is 25.8 Å². The minimum atomic E-state index is -2.89. The Morgan fingerprint density at radius 1 is 1.35 bits per heavy atom. The van der Waals surface area contributed by atoms with Crippen molar-refractivity contribution >= 4 is 45.5 Å². The van der Waals surface area contributed by atoms with E-state index < -0.39 is 9.84 Å². The topological polar surface area (TPSA) is 73.8 Å². The molecule has 1 aromatic rings. The highest BCUT2D eigenvalue weighted by molar-refractivity contribution is 14.0. The van der Waals surface area contributed by atoms with Crippen LogP contribution in [-0.2, 0) is 9.84 Å². The summed E-state index contributed by atoms with van der Waals surface area (Å²) in [7, 11) is -2.89. The van der Waals surface area contributed by atoms with Crippen LogP contribution in [0.15, 0.2) is 29.3 Å². The molecule has 0 aromatic heterocycles. The Morgan fingerprint density at radius 3 is 2.69 bits per heavy atom. The number of halogens is 1. The fraction of sp³-hybridized carbons (Fsp3) is 0.611. The van der Waals surface area contributed by atoms with Gasteiger partial charge in [-0.1, -0.05) is 12.1 Å². The largest absolute Gasteiger partial charge is 0.370 e. The fourth-order valence-corrected chi connectivity index (χ4v) is 4.67. The first kappa shape index (κ1) is 23.0. The molecule has 0 aliphatic carbocycles. The highest BCUT2D eigenvalue weighted by Crippen LogP contribution is 2.15. The van der Waals surface area contributed by atoms with Gasteiger partial charge in [-0.05, 0) is 44.9 Å². The van der Waals surface area contributed by atoms with Gasteiger partial charge in [0.15, 0.2) is 15.8 Å². The number of guanidine groups is 1. The molecule has 8 heteroatoms. The molecule has 1 aliphatic heterocycles. The van der Waals surface area contributed by atoms with Gasteiger partial charge < -0.3 is 15.5 Å². The van der Waals surface area contributed by atoms with Crippen LogP contribution in [0.4, 0.5) is 5.69 Å². The first-order valence-electron chi connectivity index (χ1n) is 9.00. The molecule has 1 aliphatic rings. The van der Waals surface area contributed by atoms with Crippen LogP contribution < -0.4 is 15.5 Å². The zero-order chi connectivity index (χ0) is 18.3.